The van der Waals surface area contributed by atoms with E-state index in [9.17, 15) is 9.59 Å². The van der Waals surface area contributed by atoms with Gasteiger partial charge in [0.05, 0.1) is 0 Å². The first kappa shape index (κ1) is 15.2. The molecule has 0 N–H and O–H groups in total. The van der Waals surface area contributed by atoms with Gasteiger partial charge in [0, 0.05) is 26.7 Å². The molecule has 0 aliphatic carbocycles. The number of rotatable bonds is 6. The Morgan fingerprint density at radius 3 is 2.11 bits per heavy atom. The molecule has 0 radical (unpaired) electrons. The average Bonchev–Trinajstić information content (AvgIpc) is 2.41. The van der Waals surface area contributed by atoms with E-state index in [0.717, 1.165) is 5.56 Å². The molecule has 0 saturated heterocycles. The third-order valence-electron chi connectivity index (χ3n) is 3.11. The van der Waals surface area contributed by atoms with E-state index in [4.69, 9.17) is 0 Å². The van der Waals surface area contributed by atoms with Crippen LogP contribution in [0.25, 0.3) is 0 Å². The van der Waals surface area contributed by atoms with Crippen molar-refractivity contribution in [2.75, 3.05) is 20.1 Å². The predicted molar refractivity (Wildman–Crippen MR) is 75.5 cm³/mol. The van der Waals surface area contributed by atoms with E-state index < -0.39 is 0 Å². The van der Waals surface area contributed by atoms with Crippen molar-refractivity contribution in [3.8, 4) is 0 Å². The van der Waals surface area contributed by atoms with Crippen LogP contribution in [0.4, 0.5) is 0 Å². The van der Waals surface area contributed by atoms with Gasteiger partial charge in [-0.3, -0.25) is 9.59 Å². The lowest BCUT2D eigenvalue weighted by Gasteiger charge is -2.21. The second-order valence-electron chi connectivity index (χ2n) is 4.48. The SMILES string of the molecule is CCN(CC)C(=O)CC(=O)N(C)Cc1ccccc1. The van der Waals surface area contributed by atoms with Gasteiger partial charge in [0.2, 0.25) is 11.8 Å². The summed E-state index contributed by atoms with van der Waals surface area (Å²) < 4.78 is 0. The summed E-state index contributed by atoms with van der Waals surface area (Å²) in [6.07, 6.45) is -0.0506. The number of carbonyl (C=O) groups is 2. The summed E-state index contributed by atoms with van der Waals surface area (Å²) in [5.74, 6) is -0.240. The lowest BCUT2D eigenvalue weighted by molar-refractivity contribution is -0.140. The van der Waals surface area contributed by atoms with Crippen molar-refractivity contribution < 1.29 is 9.59 Å². The predicted octanol–water partition coefficient (Wildman–Crippen LogP) is 1.90. The summed E-state index contributed by atoms with van der Waals surface area (Å²) >= 11 is 0. The molecule has 0 unspecified atom stereocenters. The van der Waals surface area contributed by atoms with Gasteiger partial charge in [-0.15, -0.1) is 0 Å². The normalized spacial score (nSPS) is 10.1. The van der Waals surface area contributed by atoms with E-state index in [1.807, 2.05) is 44.2 Å². The van der Waals surface area contributed by atoms with E-state index in [1.165, 1.54) is 0 Å². The van der Waals surface area contributed by atoms with Gasteiger partial charge < -0.3 is 9.80 Å². The average molecular weight is 262 g/mol. The Labute approximate surface area is 115 Å². The molecule has 0 aliphatic rings. The number of carbonyl (C=O) groups excluding carboxylic acids is 2. The smallest absolute Gasteiger partial charge is 0.232 e. The molecular formula is C15H22N2O2. The summed E-state index contributed by atoms with van der Waals surface area (Å²) in [6.45, 7) is 5.65. The van der Waals surface area contributed by atoms with Gasteiger partial charge in [-0.1, -0.05) is 30.3 Å². The molecule has 0 aromatic heterocycles. The van der Waals surface area contributed by atoms with Crippen molar-refractivity contribution in [2.45, 2.75) is 26.8 Å². The highest BCUT2D eigenvalue weighted by Crippen LogP contribution is 2.05. The molecule has 4 nitrogen and oxygen atoms in total. The van der Waals surface area contributed by atoms with Gasteiger partial charge in [0.25, 0.3) is 0 Å². The van der Waals surface area contributed by atoms with Crippen LogP contribution in [-0.2, 0) is 16.1 Å². The Kier molecular flexibility index (Phi) is 6.06. The fourth-order valence-corrected chi connectivity index (χ4v) is 1.90. The van der Waals surface area contributed by atoms with Gasteiger partial charge in [-0.05, 0) is 19.4 Å². The maximum Gasteiger partial charge on any atom is 0.232 e. The molecule has 0 fully saturated rings. The van der Waals surface area contributed by atoms with E-state index in [2.05, 4.69) is 0 Å². The van der Waals surface area contributed by atoms with Gasteiger partial charge in [0.15, 0.2) is 0 Å². The number of hydrogen-bond acceptors (Lipinski definition) is 2. The largest absolute Gasteiger partial charge is 0.343 e. The van der Waals surface area contributed by atoms with Crippen LogP contribution in [-0.4, -0.2) is 41.8 Å². The van der Waals surface area contributed by atoms with Crippen molar-refractivity contribution in [3.05, 3.63) is 35.9 Å². The topological polar surface area (TPSA) is 40.6 Å². The van der Waals surface area contributed by atoms with Crippen LogP contribution in [0, 0.1) is 0 Å². The molecule has 0 spiro atoms. The molecule has 1 rings (SSSR count). The summed E-state index contributed by atoms with van der Waals surface area (Å²) in [5, 5.41) is 0. The number of benzene rings is 1. The number of nitrogens with zero attached hydrogens (tertiary/aromatic N) is 2. The van der Waals surface area contributed by atoms with Crippen LogP contribution in [0.3, 0.4) is 0 Å². The van der Waals surface area contributed by atoms with Gasteiger partial charge in [-0.2, -0.15) is 0 Å². The molecule has 1 aromatic carbocycles. The molecule has 2 amide bonds. The summed E-state index contributed by atoms with van der Waals surface area (Å²) in [6, 6.07) is 9.75. The Bertz CT molecular complexity index is 413. The second kappa shape index (κ2) is 7.56. The van der Waals surface area contributed by atoms with Gasteiger partial charge >= 0.3 is 0 Å². The molecule has 104 valence electrons. The third kappa shape index (κ3) is 4.73. The van der Waals surface area contributed by atoms with Crippen molar-refractivity contribution in [1.82, 2.24) is 9.80 Å². The molecule has 4 heteroatoms. The number of hydrogen-bond donors (Lipinski definition) is 0. The highest BCUT2D eigenvalue weighted by Gasteiger charge is 2.17. The molecule has 1 aromatic rings. The molecule has 0 heterocycles. The summed E-state index contributed by atoms with van der Waals surface area (Å²) in [5.41, 5.74) is 1.06. The van der Waals surface area contributed by atoms with Crippen LogP contribution in [0.2, 0.25) is 0 Å². The van der Waals surface area contributed by atoms with Crippen LogP contribution in [0.15, 0.2) is 30.3 Å². The first-order valence-electron chi connectivity index (χ1n) is 6.64. The molecule has 0 atom stereocenters. The van der Waals surface area contributed by atoms with Crippen molar-refractivity contribution in [1.29, 1.82) is 0 Å². The minimum atomic E-state index is -0.138. The van der Waals surface area contributed by atoms with Crippen LogP contribution in [0.1, 0.15) is 25.8 Å². The summed E-state index contributed by atoms with van der Waals surface area (Å²) in [4.78, 5) is 27.1. The molecular weight excluding hydrogens is 240 g/mol. The first-order chi connectivity index (χ1) is 9.08. The third-order valence-corrected chi connectivity index (χ3v) is 3.11. The van der Waals surface area contributed by atoms with Gasteiger partial charge in [0.1, 0.15) is 6.42 Å². The lowest BCUT2D eigenvalue weighted by Crippen LogP contribution is -2.36. The van der Waals surface area contributed by atoms with Crippen molar-refractivity contribution >= 4 is 11.8 Å². The maximum atomic E-state index is 12.0. The van der Waals surface area contributed by atoms with Crippen LogP contribution >= 0.6 is 0 Å². The lowest BCUT2D eigenvalue weighted by atomic mass is 10.2. The monoisotopic (exact) mass is 262 g/mol. The number of amides is 2. The highest BCUT2D eigenvalue weighted by molar-refractivity contribution is 5.96. The Morgan fingerprint density at radius 2 is 1.58 bits per heavy atom. The summed E-state index contributed by atoms with van der Waals surface area (Å²) in [7, 11) is 1.73. The standard InChI is InChI=1S/C15H22N2O2/c1-4-17(5-2)15(19)11-14(18)16(3)12-13-9-7-6-8-10-13/h6-10H,4-5,11-12H2,1-3H3. The van der Waals surface area contributed by atoms with Crippen molar-refractivity contribution in [3.63, 3.8) is 0 Å². The van der Waals surface area contributed by atoms with Gasteiger partial charge in [-0.25, -0.2) is 0 Å². The van der Waals surface area contributed by atoms with E-state index in [-0.39, 0.29) is 18.2 Å². The molecule has 0 saturated carbocycles. The molecule has 0 bridgehead atoms. The Balaban J connectivity index is 2.51. The molecule has 0 aliphatic heterocycles. The zero-order valence-electron chi connectivity index (χ0n) is 11.9. The second-order valence-corrected chi connectivity index (χ2v) is 4.48. The van der Waals surface area contributed by atoms with E-state index in [1.54, 1.807) is 16.8 Å². The highest BCUT2D eigenvalue weighted by atomic mass is 16.2. The van der Waals surface area contributed by atoms with Crippen LogP contribution < -0.4 is 0 Å². The van der Waals surface area contributed by atoms with E-state index >= 15 is 0 Å². The Morgan fingerprint density at radius 1 is 1.00 bits per heavy atom. The minimum Gasteiger partial charge on any atom is -0.343 e. The zero-order valence-corrected chi connectivity index (χ0v) is 11.9. The fourth-order valence-electron chi connectivity index (χ4n) is 1.90. The minimum absolute atomic E-state index is 0.0506. The van der Waals surface area contributed by atoms with E-state index in [0.29, 0.717) is 19.6 Å². The molecule has 19 heavy (non-hydrogen) atoms. The zero-order chi connectivity index (χ0) is 14.3. The van der Waals surface area contributed by atoms with Crippen molar-refractivity contribution in [2.24, 2.45) is 0 Å². The first-order valence-corrected chi connectivity index (χ1v) is 6.64. The Hall–Kier alpha value is -1.84. The quantitative estimate of drug-likeness (QED) is 0.735. The fraction of sp³-hybridized carbons (Fsp3) is 0.467. The maximum absolute atomic E-state index is 12.0. The van der Waals surface area contributed by atoms with Crippen LogP contribution in [0.5, 0.6) is 0 Å².